The Hall–Kier alpha value is -2.57. The minimum atomic E-state index is -0.155. The normalized spacial score (nSPS) is 16.4. The molecule has 0 N–H and O–H groups in total. The van der Waals surface area contributed by atoms with Crippen molar-refractivity contribution in [1.82, 2.24) is 14.5 Å². The molecular formula is C21H22ClN3O3. The number of furan rings is 1. The summed E-state index contributed by atoms with van der Waals surface area (Å²) in [5, 5.41) is 0.701. The van der Waals surface area contributed by atoms with Crippen molar-refractivity contribution in [3.8, 4) is 0 Å². The summed E-state index contributed by atoms with van der Waals surface area (Å²) in [6, 6.07) is 11.1. The number of amides is 1. The van der Waals surface area contributed by atoms with E-state index in [1.165, 1.54) is 6.26 Å². The molecule has 1 saturated heterocycles. The Bertz CT molecular complexity index is 917. The lowest BCUT2D eigenvalue weighted by Gasteiger charge is -2.24. The van der Waals surface area contributed by atoms with Crippen molar-refractivity contribution in [2.75, 3.05) is 13.2 Å². The number of carbonyl (C=O) groups is 1. The van der Waals surface area contributed by atoms with Crippen molar-refractivity contribution < 1.29 is 13.9 Å². The van der Waals surface area contributed by atoms with E-state index in [4.69, 9.17) is 20.8 Å². The molecule has 4 rings (SSSR count). The fourth-order valence-corrected chi connectivity index (χ4v) is 3.66. The summed E-state index contributed by atoms with van der Waals surface area (Å²) in [4.78, 5) is 19.2. The van der Waals surface area contributed by atoms with Gasteiger partial charge in [-0.15, -0.1) is 0 Å². The van der Waals surface area contributed by atoms with E-state index in [0.29, 0.717) is 30.4 Å². The van der Waals surface area contributed by atoms with Gasteiger partial charge in [0, 0.05) is 37.1 Å². The molecule has 3 heterocycles. The molecule has 0 spiro atoms. The summed E-state index contributed by atoms with van der Waals surface area (Å²) < 4.78 is 13.1. The molecule has 0 aliphatic carbocycles. The summed E-state index contributed by atoms with van der Waals surface area (Å²) in [5.41, 5.74) is 1.08. The van der Waals surface area contributed by atoms with Gasteiger partial charge in [-0.3, -0.25) is 4.79 Å². The van der Waals surface area contributed by atoms with Crippen molar-refractivity contribution in [2.45, 2.75) is 32.0 Å². The first-order valence-corrected chi connectivity index (χ1v) is 9.75. The van der Waals surface area contributed by atoms with Gasteiger partial charge in [-0.05, 0) is 42.7 Å². The van der Waals surface area contributed by atoms with Gasteiger partial charge in [0.05, 0.1) is 18.9 Å². The van der Waals surface area contributed by atoms with Gasteiger partial charge in [-0.1, -0.05) is 23.7 Å². The summed E-state index contributed by atoms with van der Waals surface area (Å²) in [7, 11) is 0. The average Bonchev–Trinajstić information content (AvgIpc) is 3.45. The Morgan fingerprint density at radius 1 is 1.32 bits per heavy atom. The minimum absolute atomic E-state index is 0.0512. The zero-order valence-corrected chi connectivity index (χ0v) is 16.2. The van der Waals surface area contributed by atoms with Crippen molar-refractivity contribution >= 4 is 17.5 Å². The molecule has 1 amide bonds. The van der Waals surface area contributed by atoms with E-state index < -0.39 is 0 Å². The maximum atomic E-state index is 13.0. The van der Waals surface area contributed by atoms with Crippen LogP contribution in [0, 0.1) is 0 Å². The number of hydrogen-bond donors (Lipinski definition) is 0. The molecule has 0 radical (unpaired) electrons. The number of ether oxygens (including phenoxy) is 1. The molecule has 1 aliphatic rings. The summed E-state index contributed by atoms with van der Waals surface area (Å²) in [6.07, 6.45) is 7.21. The first kappa shape index (κ1) is 18.8. The summed E-state index contributed by atoms with van der Waals surface area (Å²) >= 11 is 6.10. The van der Waals surface area contributed by atoms with E-state index >= 15 is 0 Å². The van der Waals surface area contributed by atoms with Crippen LogP contribution in [-0.4, -0.2) is 39.6 Å². The van der Waals surface area contributed by atoms with Crippen LogP contribution >= 0.6 is 11.6 Å². The standard InChI is InChI=1S/C21H22ClN3O3/c22-17-5-1-4-16(12-17)13-24-9-8-23-20(24)15-25(14-18-6-2-10-27-18)21(26)19-7-3-11-28-19/h1,3-5,7-9,11-12,18H,2,6,10,13-15H2/t18-/m0/s1. The summed E-state index contributed by atoms with van der Waals surface area (Å²) in [6.45, 7) is 2.28. The van der Waals surface area contributed by atoms with Crippen LogP contribution in [0.25, 0.3) is 0 Å². The lowest BCUT2D eigenvalue weighted by atomic mass is 10.2. The molecule has 1 fully saturated rings. The quantitative estimate of drug-likeness (QED) is 0.602. The van der Waals surface area contributed by atoms with Crippen LogP contribution in [0.3, 0.4) is 0 Å². The third kappa shape index (κ3) is 4.46. The van der Waals surface area contributed by atoms with E-state index in [1.807, 2.05) is 35.0 Å². The molecular weight excluding hydrogens is 378 g/mol. The van der Waals surface area contributed by atoms with Crippen molar-refractivity contribution in [3.63, 3.8) is 0 Å². The third-order valence-corrected chi connectivity index (χ3v) is 5.08. The Kier molecular flexibility index (Phi) is 5.78. The largest absolute Gasteiger partial charge is 0.459 e. The number of carbonyl (C=O) groups excluding carboxylic acids is 1. The molecule has 7 heteroatoms. The molecule has 0 bridgehead atoms. The lowest BCUT2D eigenvalue weighted by molar-refractivity contribution is 0.0475. The van der Waals surface area contributed by atoms with E-state index in [-0.39, 0.29) is 12.0 Å². The molecule has 28 heavy (non-hydrogen) atoms. The number of nitrogens with zero attached hydrogens (tertiary/aromatic N) is 3. The van der Waals surface area contributed by atoms with Crippen molar-refractivity contribution in [1.29, 1.82) is 0 Å². The van der Waals surface area contributed by atoms with E-state index in [1.54, 1.807) is 23.2 Å². The van der Waals surface area contributed by atoms with E-state index in [9.17, 15) is 4.79 Å². The van der Waals surface area contributed by atoms with Crippen LogP contribution in [0.2, 0.25) is 5.02 Å². The third-order valence-electron chi connectivity index (χ3n) is 4.84. The molecule has 2 aromatic heterocycles. The van der Waals surface area contributed by atoms with Crippen LogP contribution in [0.5, 0.6) is 0 Å². The second kappa shape index (κ2) is 8.63. The summed E-state index contributed by atoms with van der Waals surface area (Å²) in [5.74, 6) is 0.974. The van der Waals surface area contributed by atoms with Crippen LogP contribution in [-0.2, 0) is 17.8 Å². The highest BCUT2D eigenvalue weighted by Gasteiger charge is 2.26. The van der Waals surface area contributed by atoms with E-state index in [2.05, 4.69) is 4.98 Å². The van der Waals surface area contributed by atoms with Gasteiger partial charge >= 0.3 is 0 Å². The first-order valence-electron chi connectivity index (χ1n) is 9.38. The Morgan fingerprint density at radius 3 is 3.00 bits per heavy atom. The first-order chi connectivity index (χ1) is 13.7. The fourth-order valence-electron chi connectivity index (χ4n) is 3.45. The van der Waals surface area contributed by atoms with Gasteiger partial charge in [-0.25, -0.2) is 4.98 Å². The highest BCUT2D eigenvalue weighted by molar-refractivity contribution is 6.30. The maximum Gasteiger partial charge on any atom is 0.290 e. The number of hydrogen-bond acceptors (Lipinski definition) is 4. The fraction of sp³-hybridized carbons (Fsp3) is 0.333. The Balaban J connectivity index is 1.53. The van der Waals surface area contributed by atoms with Gasteiger partial charge in [-0.2, -0.15) is 0 Å². The Morgan fingerprint density at radius 2 is 2.25 bits per heavy atom. The second-order valence-electron chi connectivity index (χ2n) is 6.90. The Labute approximate surface area is 168 Å². The van der Waals surface area contributed by atoms with E-state index in [0.717, 1.165) is 30.8 Å². The zero-order valence-electron chi connectivity index (χ0n) is 15.5. The molecule has 3 aromatic rings. The molecule has 146 valence electrons. The van der Waals surface area contributed by atoms with Crippen molar-refractivity contribution in [2.24, 2.45) is 0 Å². The maximum absolute atomic E-state index is 13.0. The number of imidazole rings is 1. The molecule has 1 aliphatic heterocycles. The van der Waals surface area contributed by atoms with Gasteiger partial charge in [0.15, 0.2) is 5.76 Å². The SMILES string of the molecule is O=C(c1ccco1)N(Cc1nccn1Cc1cccc(Cl)c1)C[C@@H]1CCCO1. The predicted molar refractivity (Wildman–Crippen MR) is 105 cm³/mol. The number of benzene rings is 1. The average molecular weight is 400 g/mol. The lowest BCUT2D eigenvalue weighted by Crippen LogP contribution is -2.37. The smallest absolute Gasteiger partial charge is 0.290 e. The van der Waals surface area contributed by atoms with Gasteiger partial charge in [0.2, 0.25) is 0 Å². The number of rotatable bonds is 7. The monoisotopic (exact) mass is 399 g/mol. The van der Waals surface area contributed by atoms with Gasteiger partial charge in [0.1, 0.15) is 5.82 Å². The van der Waals surface area contributed by atoms with Crippen LogP contribution in [0.4, 0.5) is 0 Å². The molecule has 6 nitrogen and oxygen atoms in total. The van der Waals surface area contributed by atoms with Crippen LogP contribution < -0.4 is 0 Å². The minimum Gasteiger partial charge on any atom is -0.459 e. The molecule has 1 atom stereocenters. The second-order valence-corrected chi connectivity index (χ2v) is 7.34. The van der Waals surface area contributed by atoms with Gasteiger partial charge < -0.3 is 18.6 Å². The highest BCUT2D eigenvalue weighted by atomic mass is 35.5. The molecule has 0 saturated carbocycles. The predicted octanol–water partition coefficient (Wildman–Crippen LogP) is 4.00. The zero-order chi connectivity index (χ0) is 19.3. The molecule has 1 aromatic carbocycles. The molecule has 0 unspecified atom stereocenters. The van der Waals surface area contributed by atoms with Gasteiger partial charge in [0.25, 0.3) is 5.91 Å². The number of halogens is 1. The van der Waals surface area contributed by atoms with Crippen molar-refractivity contribution in [3.05, 3.63) is 77.2 Å². The van der Waals surface area contributed by atoms with Crippen LogP contribution in [0.1, 0.15) is 34.8 Å². The topological polar surface area (TPSA) is 60.5 Å². The van der Waals surface area contributed by atoms with Crippen LogP contribution in [0.15, 0.2) is 59.5 Å². The number of aromatic nitrogens is 2. The highest BCUT2D eigenvalue weighted by Crippen LogP contribution is 2.18.